The van der Waals surface area contributed by atoms with Gasteiger partial charge in [-0.2, -0.15) is 0 Å². The lowest BCUT2D eigenvalue weighted by molar-refractivity contribution is 0.104. The van der Waals surface area contributed by atoms with Crippen molar-refractivity contribution in [3.8, 4) is 0 Å². The van der Waals surface area contributed by atoms with Gasteiger partial charge in [0, 0.05) is 23.5 Å². The molecule has 0 radical (unpaired) electrons. The molecule has 0 saturated carbocycles. The van der Waals surface area contributed by atoms with E-state index in [9.17, 15) is 4.79 Å². The van der Waals surface area contributed by atoms with Crippen LogP contribution in [0.3, 0.4) is 0 Å². The second kappa shape index (κ2) is 6.89. The molecule has 108 valence electrons. The number of anilines is 1. The Labute approximate surface area is 126 Å². The average Bonchev–Trinajstić information content (AvgIpc) is 2.49. The van der Waals surface area contributed by atoms with Crippen LogP contribution >= 0.6 is 0 Å². The molecule has 2 aromatic carbocycles. The molecule has 0 aliphatic rings. The van der Waals surface area contributed by atoms with Crippen LogP contribution in [0.4, 0.5) is 5.69 Å². The first kappa shape index (κ1) is 15.0. The fourth-order valence-electron chi connectivity index (χ4n) is 2.07. The Hall–Kier alpha value is -2.35. The maximum atomic E-state index is 12.1. The number of ketones is 1. The summed E-state index contributed by atoms with van der Waals surface area (Å²) in [7, 11) is 0. The summed E-state index contributed by atoms with van der Waals surface area (Å²) in [6.45, 7) is 6.31. The first-order chi connectivity index (χ1) is 10.1. The van der Waals surface area contributed by atoms with Crippen molar-refractivity contribution in [2.45, 2.75) is 26.7 Å². The Kier molecular flexibility index (Phi) is 4.94. The minimum absolute atomic E-state index is 0.00592. The summed E-state index contributed by atoms with van der Waals surface area (Å²) >= 11 is 0. The highest BCUT2D eigenvalue weighted by Gasteiger charge is 2.03. The molecule has 0 aliphatic heterocycles. The van der Waals surface area contributed by atoms with Gasteiger partial charge >= 0.3 is 0 Å². The lowest BCUT2D eigenvalue weighted by atomic mass is 10.0. The molecule has 0 heterocycles. The van der Waals surface area contributed by atoms with E-state index in [0.717, 1.165) is 11.3 Å². The van der Waals surface area contributed by atoms with Gasteiger partial charge in [0.25, 0.3) is 0 Å². The van der Waals surface area contributed by atoms with Crippen LogP contribution in [0, 0.1) is 6.92 Å². The minimum Gasteiger partial charge on any atom is -0.361 e. The topological polar surface area (TPSA) is 29.1 Å². The van der Waals surface area contributed by atoms with Gasteiger partial charge in [0.1, 0.15) is 0 Å². The fourth-order valence-corrected chi connectivity index (χ4v) is 2.07. The third-order valence-corrected chi connectivity index (χ3v) is 3.48. The number of carbonyl (C=O) groups excluding carboxylic acids is 1. The van der Waals surface area contributed by atoms with Crippen LogP contribution in [0.15, 0.2) is 60.8 Å². The normalized spacial score (nSPS) is 11.0. The van der Waals surface area contributed by atoms with E-state index < -0.39 is 0 Å². The molecule has 0 spiro atoms. The van der Waals surface area contributed by atoms with Crippen LogP contribution < -0.4 is 5.32 Å². The summed E-state index contributed by atoms with van der Waals surface area (Å²) < 4.78 is 0. The smallest absolute Gasteiger partial charge is 0.187 e. The number of allylic oxidation sites excluding steroid dienone is 1. The van der Waals surface area contributed by atoms with Crippen LogP contribution in [0.25, 0.3) is 0 Å². The van der Waals surface area contributed by atoms with Gasteiger partial charge in [-0.25, -0.2) is 0 Å². The summed E-state index contributed by atoms with van der Waals surface area (Å²) in [4.78, 5) is 12.1. The quantitative estimate of drug-likeness (QED) is 0.621. The van der Waals surface area contributed by atoms with Gasteiger partial charge in [-0.15, -0.1) is 0 Å². The van der Waals surface area contributed by atoms with Crippen LogP contribution in [-0.2, 0) is 0 Å². The predicted molar refractivity (Wildman–Crippen MR) is 88.8 cm³/mol. The number of hydrogen-bond donors (Lipinski definition) is 1. The number of hydrogen-bond acceptors (Lipinski definition) is 2. The molecule has 2 heteroatoms. The summed E-state index contributed by atoms with van der Waals surface area (Å²) in [5, 5.41) is 3.14. The van der Waals surface area contributed by atoms with Crippen molar-refractivity contribution in [2.75, 3.05) is 5.32 Å². The molecular weight excluding hydrogens is 258 g/mol. The van der Waals surface area contributed by atoms with Gasteiger partial charge in [0.05, 0.1) is 0 Å². The number of nitrogens with one attached hydrogen (secondary N) is 1. The molecule has 0 atom stereocenters. The van der Waals surface area contributed by atoms with Crippen molar-refractivity contribution in [1.29, 1.82) is 0 Å². The first-order valence-electron chi connectivity index (χ1n) is 7.21. The molecule has 0 aliphatic carbocycles. The lowest BCUT2D eigenvalue weighted by Gasteiger charge is -2.05. The highest BCUT2D eigenvalue weighted by Crippen LogP contribution is 2.15. The van der Waals surface area contributed by atoms with Gasteiger partial charge in [0.2, 0.25) is 0 Å². The number of para-hydroxylation sites is 1. The Balaban J connectivity index is 2.01. The maximum Gasteiger partial charge on any atom is 0.187 e. The molecular formula is C19H21NO. The SMILES string of the molecule is Cc1ccccc1N/C=C/C(=O)c1ccc(C(C)C)cc1. The van der Waals surface area contributed by atoms with Gasteiger partial charge < -0.3 is 5.32 Å². The van der Waals surface area contributed by atoms with Crippen LogP contribution in [0.1, 0.15) is 41.3 Å². The van der Waals surface area contributed by atoms with Crippen molar-refractivity contribution in [1.82, 2.24) is 0 Å². The molecule has 0 aromatic heterocycles. The van der Waals surface area contributed by atoms with E-state index in [2.05, 4.69) is 19.2 Å². The molecule has 0 fully saturated rings. The van der Waals surface area contributed by atoms with Crippen LogP contribution in [-0.4, -0.2) is 5.78 Å². The Bertz CT molecular complexity index is 639. The van der Waals surface area contributed by atoms with Crippen molar-refractivity contribution >= 4 is 11.5 Å². The zero-order chi connectivity index (χ0) is 15.2. The number of benzene rings is 2. The van der Waals surface area contributed by atoms with E-state index in [4.69, 9.17) is 0 Å². The maximum absolute atomic E-state index is 12.1. The van der Waals surface area contributed by atoms with Crippen molar-refractivity contribution in [2.24, 2.45) is 0 Å². The standard InChI is InChI=1S/C19H21NO/c1-14(2)16-8-10-17(11-9-16)19(21)12-13-20-18-7-5-4-6-15(18)3/h4-14,20H,1-3H3/b13-12+. The van der Waals surface area contributed by atoms with Crippen molar-refractivity contribution in [3.05, 3.63) is 77.5 Å². The second-order valence-electron chi connectivity index (χ2n) is 5.43. The molecule has 0 bridgehead atoms. The molecule has 21 heavy (non-hydrogen) atoms. The Morgan fingerprint density at radius 1 is 1.05 bits per heavy atom. The molecule has 0 amide bonds. The minimum atomic E-state index is 0.00592. The van der Waals surface area contributed by atoms with Crippen LogP contribution in [0.5, 0.6) is 0 Å². The summed E-state index contributed by atoms with van der Waals surface area (Å²) in [6, 6.07) is 15.8. The van der Waals surface area contributed by atoms with E-state index in [0.29, 0.717) is 11.5 Å². The lowest BCUT2D eigenvalue weighted by Crippen LogP contribution is -1.98. The summed E-state index contributed by atoms with van der Waals surface area (Å²) in [5.74, 6) is 0.485. The molecule has 2 nitrogen and oxygen atoms in total. The van der Waals surface area contributed by atoms with E-state index in [1.54, 1.807) is 12.3 Å². The molecule has 2 aromatic rings. The van der Waals surface area contributed by atoms with Gasteiger partial charge in [-0.05, 0) is 30.0 Å². The monoisotopic (exact) mass is 279 g/mol. The van der Waals surface area contributed by atoms with E-state index in [-0.39, 0.29) is 5.78 Å². The number of aryl methyl sites for hydroxylation is 1. The highest BCUT2D eigenvalue weighted by molar-refractivity contribution is 6.04. The van der Waals surface area contributed by atoms with Gasteiger partial charge in [-0.1, -0.05) is 56.3 Å². The molecule has 1 N–H and O–H groups in total. The Morgan fingerprint density at radius 2 is 1.71 bits per heavy atom. The second-order valence-corrected chi connectivity index (χ2v) is 5.43. The molecule has 0 unspecified atom stereocenters. The zero-order valence-corrected chi connectivity index (χ0v) is 12.8. The first-order valence-corrected chi connectivity index (χ1v) is 7.21. The number of carbonyl (C=O) groups is 1. The highest BCUT2D eigenvalue weighted by atomic mass is 16.1. The third kappa shape index (κ3) is 4.06. The fraction of sp³-hybridized carbons (Fsp3) is 0.211. The summed E-state index contributed by atoms with van der Waals surface area (Å²) in [5.41, 5.74) is 4.11. The summed E-state index contributed by atoms with van der Waals surface area (Å²) in [6.07, 6.45) is 3.26. The Morgan fingerprint density at radius 3 is 2.33 bits per heavy atom. The molecule has 2 rings (SSSR count). The van der Waals surface area contributed by atoms with Crippen molar-refractivity contribution in [3.63, 3.8) is 0 Å². The van der Waals surface area contributed by atoms with E-state index >= 15 is 0 Å². The third-order valence-electron chi connectivity index (χ3n) is 3.48. The van der Waals surface area contributed by atoms with Gasteiger partial charge in [0.15, 0.2) is 5.78 Å². The van der Waals surface area contributed by atoms with Crippen molar-refractivity contribution < 1.29 is 4.79 Å². The largest absolute Gasteiger partial charge is 0.361 e. The van der Waals surface area contributed by atoms with Crippen LogP contribution in [0.2, 0.25) is 0 Å². The van der Waals surface area contributed by atoms with E-state index in [1.165, 1.54) is 5.56 Å². The predicted octanol–water partition coefficient (Wildman–Crippen LogP) is 4.93. The zero-order valence-electron chi connectivity index (χ0n) is 12.8. The molecule has 0 saturated heterocycles. The number of rotatable bonds is 5. The van der Waals surface area contributed by atoms with Gasteiger partial charge in [-0.3, -0.25) is 4.79 Å². The van der Waals surface area contributed by atoms with E-state index in [1.807, 2.05) is 55.5 Å². The average molecular weight is 279 g/mol.